The number of hydrogen-bond acceptors (Lipinski definition) is 3. The predicted molar refractivity (Wildman–Crippen MR) is 74.7 cm³/mol. The van der Waals surface area contributed by atoms with Gasteiger partial charge in [-0.05, 0) is 24.6 Å². The first-order valence-corrected chi connectivity index (χ1v) is 6.25. The van der Waals surface area contributed by atoms with Gasteiger partial charge in [-0.15, -0.1) is 0 Å². The van der Waals surface area contributed by atoms with Crippen LogP contribution in [0.25, 0.3) is 0 Å². The van der Waals surface area contributed by atoms with Gasteiger partial charge in [0.15, 0.2) is 0 Å². The molecule has 0 spiro atoms. The van der Waals surface area contributed by atoms with Gasteiger partial charge in [0, 0.05) is 25.0 Å². The SMILES string of the molecule is CN(CCCC(=O)O)C(=O)Nc1cc(Cl)ccc1C#N. The zero-order valence-corrected chi connectivity index (χ0v) is 11.6. The molecule has 2 amide bonds. The Kier molecular flexibility index (Phi) is 5.81. The summed E-state index contributed by atoms with van der Waals surface area (Å²) >= 11 is 5.82. The van der Waals surface area contributed by atoms with Crippen molar-refractivity contribution in [2.24, 2.45) is 0 Å². The average Bonchev–Trinajstić information content (AvgIpc) is 2.38. The van der Waals surface area contributed by atoms with Gasteiger partial charge < -0.3 is 15.3 Å². The standard InChI is InChI=1S/C13H14ClN3O3/c1-17(6-2-3-12(18)19)13(20)16-11-7-10(14)5-4-9(11)8-15/h4-5,7H,2-3,6H2,1H3,(H,16,20)(H,18,19). The summed E-state index contributed by atoms with van der Waals surface area (Å²) in [6, 6.07) is 6.10. The first kappa shape index (κ1) is 15.8. The summed E-state index contributed by atoms with van der Waals surface area (Å²) in [4.78, 5) is 23.6. The molecule has 0 atom stereocenters. The van der Waals surface area contributed by atoms with Crippen molar-refractivity contribution in [2.75, 3.05) is 18.9 Å². The van der Waals surface area contributed by atoms with Crippen LogP contribution in [0.5, 0.6) is 0 Å². The van der Waals surface area contributed by atoms with Gasteiger partial charge in [-0.2, -0.15) is 5.26 Å². The molecule has 20 heavy (non-hydrogen) atoms. The molecular weight excluding hydrogens is 282 g/mol. The zero-order valence-electron chi connectivity index (χ0n) is 10.9. The van der Waals surface area contributed by atoms with Crippen LogP contribution in [0.3, 0.4) is 0 Å². The normalized spacial score (nSPS) is 9.65. The Balaban J connectivity index is 2.64. The van der Waals surface area contributed by atoms with Gasteiger partial charge in [0.25, 0.3) is 0 Å². The molecule has 0 saturated carbocycles. The Morgan fingerprint density at radius 3 is 2.80 bits per heavy atom. The first-order chi connectivity index (χ1) is 9.43. The summed E-state index contributed by atoms with van der Waals surface area (Å²) in [5.41, 5.74) is 0.636. The highest BCUT2D eigenvalue weighted by atomic mass is 35.5. The van der Waals surface area contributed by atoms with Crippen molar-refractivity contribution in [3.63, 3.8) is 0 Å². The number of carboxylic acids is 1. The number of benzene rings is 1. The molecule has 0 fully saturated rings. The fraction of sp³-hybridized carbons (Fsp3) is 0.308. The summed E-state index contributed by atoms with van der Waals surface area (Å²) < 4.78 is 0. The Bertz CT molecular complexity index is 554. The highest BCUT2D eigenvalue weighted by Gasteiger charge is 2.12. The lowest BCUT2D eigenvalue weighted by molar-refractivity contribution is -0.137. The van der Waals surface area contributed by atoms with Gasteiger partial charge in [-0.1, -0.05) is 11.6 Å². The maximum atomic E-state index is 11.9. The second kappa shape index (κ2) is 7.36. The van der Waals surface area contributed by atoms with Gasteiger partial charge in [-0.25, -0.2) is 4.79 Å². The van der Waals surface area contributed by atoms with E-state index in [0.29, 0.717) is 29.2 Å². The number of amides is 2. The molecule has 2 N–H and O–H groups in total. The molecule has 1 rings (SSSR count). The molecule has 1 aromatic carbocycles. The smallest absolute Gasteiger partial charge is 0.321 e. The molecule has 0 heterocycles. The van der Waals surface area contributed by atoms with Crippen LogP contribution in [0.15, 0.2) is 18.2 Å². The minimum atomic E-state index is -0.902. The number of halogens is 1. The lowest BCUT2D eigenvalue weighted by atomic mass is 10.2. The van der Waals surface area contributed by atoms with Crippen molar-refractivity contribution in [1.29, 1.82) is 5.26 Å². The third-order valence-corrected chi connectivity index (χ3v) is 2.81. The maximum Gasteiger partial charge on any atom is 0.321 e. The average molecular weight is 296 g/mol. The maximum absolute atomic E-state index is 11.9. The number of nitriles is 1. The van der Waals surface area contributed by atoms with E-state index in [-0.39, 0.29) is 6.42 Å². The number of urea groups is 1. The van der Waals surface area contributed by atoms with Crippen LogP contribution in [0.2, 0.25) is 5.02 Å². The molecule has 0 unspecified atom stereocenters. The zero-order chi connectivity index (χ0) is 15.1. The Hall–Kier alpha value is -2.26. The van der Waals surface area contributed by atoms with E-state index in [1.165, 1.54) is 17.0 Å². The number of carbonyl (C=O) groups excluding carboxylic acids is 1. The second-order valence-corrected chi connectivity index (χ2v) is 4.59. The molecule has 0 aliphatic rings. The van der Waals surface area contributed by atoms with E-state index < -0.39 is 12.0 Å². The number of carbonyl (C=O) groups is 2. The van der Waals surface area contributed by atoms with Crippen LogP contribution in [0.1, 0.15) is 18.4 Å². The lowest BCUT2D eigenvalue weighted by Gasteiger charge is -2.18. The molecule has 0 aromatic heterocycles. The van der Waals surface area contributed by atoms with Crippen molar-refractivity contribution in [3.8, 4) is 6.07 Å². The Morgan fingerprint density at radius 1 is 1.50 bits per heavy atom. The Labute approximate surface area is 121 Å². The second-order valence-electron chi connectivity index (χ2n) is 4.15. The molecule has 7 heteroatoms. The van der Waals surface area contributed by atoms with Gasteiger partial charge in [0.1, 0.15) is 6.07 Å². The number of rotatable bonds is 5. The molecule has 0 aliphatic heterocycles. The number of nitrogens with zero attached hydrogens (tertiary/aromatic N) is 2. The number of hydrogen-bond donors (Lipinski definition) is 2. The summed E-state index contributed by atoms with van der Waals surface area (Å²) in [5.74, 6) is -0.902. The molecule has 0 saturated heterocycles. The van der Waals surface area contributed by atoms with Crippen LogP contribution in [-0.2, 0) is 4.79 Å². The summed E-state index contributed by atoms with van der Waals surface area (Å²) in [6.45, 7) is 0.306. The molecule has 0 aliphatic carbocycles. The Morgan fingerprint density at radius 2 is 2.20 bits per heavy atom. The predicted octanol–water partition coefficient (Wildman–Crippen LogP) is 2.54. The van der Waals surface area contributed by atoms with E-state index in [0.717, 1.165) is 0 Å². The lowest BCUT2D eigenvalue weighted by Crippen LogP contribution is -2.32. The summed E-state index contributed by atoms with van der Waals surface area (Å²) in [6.07, 6.45) is 0.359. The monoisotopic (exact) mass is 295 g/mol. The van der Waals surface area contributed by atoms with Crippen molar-refractivity contribution in [3.05, 3.63) is 28.8 Å². The molecule has 0 radical (unpaired) electrons. The van der Waals surface area contributed by atoms with E-state index in [1.807, 2.05) is 6.07 Å². The van der Waals surface area contributed by atoms with Crippen molar-refractivity contribution in [2.45, 2.75) is 12.8 Å². The first-order valence-electron chi connectivity index (χ1n) is 5.87. The fourth-order valence-corrected chi connectivity index (χ4v) is 1.67. The molecule has 0 bridgehead atoms. The van der Waals surface area contributed by atoms with Crippen LogP contribution < -0.4 is 5.32 Å². The van der Waals surface area contributed by atoms with Crippen molar-refractivity contribution < 1.29 is 14.7 Å². The minimum absolute atomic E-state index is 0.00176. The summed E-state index contributed by atoms with van der Waals surface area (Å²) in [7, 11) is 1.55. The number of aliphatic carboxylic acids is 1. The molecular formula is C13H14ClN3O3. The molecule has 6 nitrogen and oxygen atoms in total. The van der Waals surface area contributed by atoms with E-state index in [2.05, 4.69) is 5.32 Å². The fourth-order valence-electron chi connectivity index (χ4n) is 1.50. The third-order valence-electron chi connectivity index (χ3n) is 2.57. The van der Waals surface area contributed by atoms with Crippen LogP contribution >= 0.6 is 11.6 Å². The highest BCUT2D eigenvalue weighted by molar-refractivity contribution is 6.31. The van der Waals surface area contributed by atoms with Crippen LogP contribution in [-0.4, -0.2) is 35.6 Å². The van der Waals surface area contributed by atoms with Gasteiger partial charge in [0.2, 0.25) is 0 Å². The van der Waals surface area contributed by atoms with Crippen LogP contribution in [0, 0.1) is 11.3 Å². The van der Waals surface area contributed by atoms with Gasteiger partial charge in [-0.3, -0.25) is 4.79 Å². The van der Waals surface area contributed by atoms with E-state index in [4.69, 9.17) is 22.0 Å². The molecule has 106 valence electrons. The topological polar surface area (TPSA) is 93.4 Å². The van der Waals surface area contributed by atoms with E-state index >= 15 is 0 Å². The van der Waals surface area contributed by atoms with Crippen molar-refractivity contribution in [1.82, 2.24) is 4.90 Å². The van der Waals surface area contributed by atoms with E-state index in [9.17, 15) is 9.59 Å². The number of nitrogens with one attached hydrogen (secondary N) is 1. The van der Waals surface area contributed by atoms with E-state index in [1.54, 1.807) is 13.1 Å². The van der Waals surface area contributed by atoms with Crippen LogP contribution in [0.4, 0.5) is 10.5 Å². The third kappa shape index (κ3) is 4.78. The van der Waals surface area contributed by atoms with Crippen molar-refractivity contribution >= 4 is 29.3 Å². The number of carboxylic acid groups (broad SMARTS) is 1. The summed E-state index contributed by atoms with van der Waals surface area (Å²) in [5, 5.41) is 20.5. The van der Waals surface area contributed by atoms with Gasteiger partial charge in [0.05, 0.1) is 11.3 Å². The minimum Gasteiger partial charge on any atom is -0.481 e. The number of anilines is 1. The quantitative estimate of drug-likeness (QED) is 0.873. The highest BCUT2D eigenvalue weighted by Crippen LogP contribution is 2.20. The molecule has 1 aromatic rings. The van der Waals surface area contributed by atoms with Gasteiger partial charge >= 0.3 is 12.0 Å². The largest absolute Gasteiger partial charge is 0.481 e.